The van der Waals surface area contributed by atoms with Crippen molar-refractivity contribution in [2.45, 2.75) is 95.7 Å². The van der Waals surface area contributed by atoms with E-state index >= 15 is 0 Å². The monoisotopic (exact) mass is 908 g/mol. The van der Waals surface area contributed by atoms with Crippen LogP contribution in [0.25, 0.3) is 10.9 Å². The van der Waals surface area contributed by atoms with Crippen molar-refractivity contribution in [1.29, 1.82) is 0 Å². The van der Waals surface area contributed by atoms with Gasteiger partial charge in [0.15, 0.2) is 18.2 Å². The summed E-state index contributed by atoms with van der Waals surface area (Å²) in [4.78, 5) is 93.2. The molecule has 2 atom stereocenters. The molecular formula is C46H53ClN10O8. The molecule has 1 saturated carbocycles. The third kappa shape index (κ3) is 8.73. The number of halogens is 1. The SMILES string of the molecule is CNC(=O)COc1cc2cc(Nc3nc(N4CCC(O[C@H]5C[C@H](N6CCN(c7ccc8c(c7)C(=O)N(C7CCC(=O)NC7=O)C8=O)C[C@@H]6C)C5)CC4)ncc3Cl)ccc2n(C(C)C)c1=O. The van der Waals surface area contributed by atoms with Gasteiger partial charge >= 0.3 is 0 Å². The van der Waals surface area contributed by atoms with E-state index in [1.807, 2.05) is 38.1 Å². The summed E-state index contributed by atoms with van der Waals surface area (Å²) in [5, 5.41) is 9.18. The van der Waals surface area contributed by atoms with E-state index in [4.69, 9.17) is 26.1 Å². The van der Waals surface area contributed by atoms with Crippen molar-refractivity contribution in [1.82, 2.24) is 35.0 Å². The van der Waals surface area contributed by atoms with E-state index in [1.54, 1.807) is 29.0 Å². The first-order valence-corrected chi connectivity index (χ1v) is 22.7. The summed E-state index contributed by atoms with van der Waals surface area (Å²) < 4.78 is 13.9. The average molecular weight is 909 g/mol. The predicted molar refractivity (Wildman–Crippen MR) is 243 cm³/mol. The van der Waals surface area contributed by atoms with Crippen molar-refractivity contribution in [3.63, 3.8) is 0 Å². The third-order valence-corrected chi connectivity index (χ3v) is 13.5. The van der Waals surface area contributed by atoms with Crippen molar-refractivity contribution in [3.05, 3.63) is 75.2 Å². The minimum atomic E-state index is -0.988. The number of rotatable bonds is 12. The van der Waals surface area contributed by atoms with Gasteiger partial charge in [-0.3, -0.25) is 43.9 Å². The van der Waals surface area contributed by atoms with Crippen LogP contribution in [-0.2, 0) is 19.1 Å². The second-order valence-corrected chi connectivity index (χ2v) is 18.2. The minimum Gasteiger partial charge on any atom is -0.478 e. The van der Waals surface area contributed by atoms with Gasteiger partial charge < -0.3 is 34.5 Å². The third-order valence-electron chi connectivity index (χ3n) is 13.3. The van der Waals surface area contributed by atoms with Gasteiger partial charge in [-0.1, -0.05) is 11.6 Å². The molecule has 19 heteroatoms. The Morgan fingerprint density at radius 3 is 2.42 bits per heavy atom. The lowest BCUT2D eigenvalue weighted by Gasteiger charge is -2.50. The Kier molecular flexibility index (Phi) is 12.2. The normalized spacial score (nSPS) is 22.9. The van der Waals surface area contributed by atoms with Gasteiger partial charge in [0.25, 0.3) is 23.3 Å². The number of carbonyl (C=O) groups is 5. The second-order valence-electron chi connectivity index (χ2n) is 17.8. The van der Waals surface area contributed by atoms with Crippen LogP contribution in [0.1, 0.15) is 86.1 Å². The molecule has 0 radical (unpaired) electrons. The topological polar surface area (TPSA) is 201 Å². The zero-order valence-corrected chi connectivity index (χ0v) is 37.6. The van der Waals surface area contributed by atoms with E-state index in [2.05, 4.69) is 42.6 Å². The quantitative estimate of drug-likeness (QED) is 0.172. The Balaban J connectivity index is 0.756. The summed E-state index contributed by atoms with van der Waals surface area (Å²) >= 11 is 6.60. The summed E-state index contributed by atoms with van der Waals surface area (Å²) in [6.07, 6.45) is 5.78. The number of hydrogen-bond acceptors (Lipinski definition) is 14. The van der Waals surface area contributed by atoms with Crippen molar-refractivity contribution < 1.29 is 33.4 Å². The number of benzene rings is 2. The summed E-state index contributed by atoms with van der Waals surface area (Å²) in [5.74, 6) is -1.24. The molecule has 3 N–H and O–H groups in total. The Morgan fingerprint density at radius 1 is 0.923 bits per heavy atom. The van der Waals surface area contributed by atoms with Crippen LogP contribution in [0.4, 0.5) is 23.1 Å². The van der Waals surface area contributed by atoms with Crippen molar-refractivity contribution in [2.24, 2.45) is 0 Å². The van der Waals surface area contributed by atoms with Gasteiger partial charge in [0, 0.05) is 81.1 Å². The molecule has 3 saturated heterocycles. The maximum absolute atomic E-state index is 13.4. The number of amides is 5. The molecule has 18 nitrogen and oxygen atoms in total. The van der Waals surface area contributed by atoms with Crippen LogP contribution in [0.5, 0.6) is 5.75 Å². The molecule has 5 amide bonds. The van der Waals surface area contributed by atoms with Crippen molar-refractivity contribution in [3.8, 4) is 5.75 Å². The maximum Gasteiger partial charge on any atom is 0.293 e. The van der Waals surface area contributed by atoms with Crippen LogP contribution in [-0.4, -0.2) is 131 Å². The number of likely N-dealkylation sites (N-methyl/N-ethyl adjacent to an activating group) is 1. The van der Waals surface area contributed by atoms with Crippen molar-refractivity contribution >= 4 is 75.2 Å². The lowest BCUT2D eigenvalue weighted by Crippen LogP contribution is -2.60. The molecule has 4 fully saturated rings. The van der Waals surface area contributed by atoms with Gasteiger partial charge in [-0.15, -0.1) is 0 Å². The molecule has 6 heterocycles. The molecule has 342 valence electrons. The number of ether oxygens (including phenoxy) is 2. The van der Waals surface area contributed by atoms with E-state index in [9.17, 15) is 28.8 Å². The van der Waals surface area contributed by atoms with Crippen LogP contribution in [0.3, 0.4) is 0 Å². The highest BCUT2D eigenvalue weighted by Crippen LogP contribution is 2.36. The first-order chi connectivity index (χ1) is 31.3. The first-order valence-electron chi connectivity index (χ1n) is 22.3. The number of fused-ring (bicyclic) bond motifs is 2. The van der Waals surface area contributed by atoms with E-state index in [-0.39, 0.29) is 66.5 Å². The summed E-state index contributed by atoms with van der Waals surface area (Å²) in [5.41, 5.74) is 2.56. The van der Waals surface area contributed by atoms with Gasteiger partial charge in [0.1, 0.15) is 11.1 Å². The molecule has 4 aliphatic heterocycles. The lowest BCUT2D eigenvalue weighted by atomic mass is 9.86. The first kappa shape index (κ1) is 44.1. The molecule has 9 rings (SSSR count). The summed E-state index contributed by atoms with van der Waals surface area (Å²) in [6, 6.07) is 12.1. The fraction of sp³-hybridized carbons (Fsp3) is 0.478. The minimum absolute atomic E-state index is 0.0816. The number of pyridine rings is 1. The fourth-order valence-corrected chi connectivity index (χ4v) is 9.89. The summed E-state index contributed by atoms with van der Waals surface area (Å²) in [7, 11) is 1.51. The molecule has 65 heavy (non-hydrogen) atoms. The number of hydrogen-bond donors (Lipinski definition) is 3. The number of carbonyl (C=O) groups excluding carboxylic acids is 5. The molecule has 0 bridgehead atoms. The lowest BCUT2D eigenvalue weighted by molar-refractivity contribution is -0.136. The number of anilines is 4. The molecular weight excluding hydrogens is 856 g/mol. The van der Waals surface area contributed by atoms with Crippen LogP contribution < -0.4 is 36.0 Å². The highest BCUT2D eigenvalue weighted by Gasteiger charge is 2.45. The van der Waals surface area contributed by atoms with Gasteiger partial charge in [-0.25, -0.2) is 4.98 Å². The molecule has 2 aromatic carbocycles. The number of piperidine rings is 2. The standard InChI is InChI=1S/C46H53ClN10O8/c1-25(2)56-36-8-5-28(17-27(36)18-38(45(56)63)64-24-40(59)48-4)50-41-35(47)22-49-46(52-41)53-13-11-31(12-14-53)65-32-19-30(20-32)55-16-15-54(23-26(55)3)29-6-7-33-34(21-29)44(62)57(43(33)61)37-9-10-39(58)51-42(37)60/h5-8,17-18,21-22,25-26,30-32,37H,9-16,19-20,23-24H2,1-4H3,(H,48,59)(H,49,50,52)(H,51,58,60)/t26-,30-,32-,37?/m0/s1. The van der Waals surface area contributed by atoms with Gasteiger partial charge in [0.2, 0.25) is 17.8 Å². The zero-order valence-electron chi connectivity index (χ0n) is 36.8. The van der Waals surface area contributed by atoms with Gasteiger partial charge in [0.05, 0.1) is 35.0 Å². The number of aromatic nitrogens is 3. The highest BCUT2D eigenvalue weighted by molar-refractivity contribution is 6.33. The van der Waals surface area contributed by atoms with Gasteiger partial charge in [-0.05, 0) is 95.3 Å². The number of nitrogens with zero attached hydrogens (tertiary/aromatic N) is 7. The highest BCUT2D eigenvalue weighted by atomic mass is 35.5. The largest absolute Gasteiger partial charge is 0.478 e. The molecule has 2 aromatic heterocycles. The van der Waals surface area contributed by atoms with E-state index in [0.717, 1.165) is 79.9 Å². The van der Waals surface area contributed by atoms with E-state index in [1.165, 1.54) is 7.05 Å². The smallest absolute Gasteiger partial charge is 0.293 e. The molecule has 4 aromatic rings. The summed E-state index contributed by atoms with van der Waals surface area (Å²) in [6.45, 7) is 9.66. The fourth-order valence-electron chi connectivity index (χ4n) is 9.75. The van der Waals surface area contributed by atoms with Crippen LogP contribution in [0, 0.1) is 0 Å². The molecule has 1 unspecified atom stereocenters. The average Bonchev–Trinajstić information content (AvgIpc) is 3.52. The second kappa shape index (κ2) is 18.0. The molecule has 1 aliphatic carbocycles. The number of nitrogens with one attached hydrogen (secondary N) is 3. The Hall–Kier alpha value is -6.11. The maximum atomic E-state index is 13.4. The Labute approximate surface area is 380 Å². The predicted octanol–water partition coefficient (Wildman–Crippen LogP) is 4.02. The van der Waals surface area contributed by atoms with Crippen LogP contribution in [0.15, 0.2) is 53.5 Å². The Morgan fingerprint density at radius 2 is 1.69 bits per heavy atom. The van der Waals surface area contributed by atoms with Crippen LogP contribution >= 0.6 is 11.6 Å². The van der Waals surface area contributed by atoms with Crippen molar-refractivity contribution in [2.75, 3.05) is 61.5 Å². The molecule has 5 aliphatic rings. The van der Waals surface area contributed by atoms with Gasteiger partial charge in [-0.2, -0.15) is 4.98 Å². The van der Waals surface area contributed by atoms with Crippen LogP contribution in [0.2, 0.25) is 5.02 Å². The molecule has 0 spiro atoms. The van der Waals surface area contributed by atoms with E-state index in [0.29, 0.717) is 34.1 Å². The Bertz CT molecular complexity index is 2630. The van der Waals surface area contributed by atoms with E-state index < -0.39 is 29.7 Å². The number of piperazine rings is 1. The zero-order chi connectivity index (χ0) is 45.7. The number of imide groups is 2.